The third-order valence-electron chi connectivity index (χ3n) is 3.31. The summed E-state index contributed by atoms with van der Waals surface area (Å²) in [5, 5.41) is 0. The smallest absolute Gasteiger partial charge is 0.375 e. The van der Waals surface area contributed by atoms with Crippen LogP contribution in [0.2, 0.25) is 0 Å². The molecule has 5 heteroatoms. The van der Waals surface area contributed by atoms with Crippen LogP contribution in [0.15, 0.2) is 66.6 Å². The zero-order valence-corrected chi connectivity index (χ0v) is 12.6. The second kappa shape index (κ2) is 6.36. The van der Waals surface area contributed by atoms with Crippen molar-refractivity contribution in [2.45, 2.75) is 6.92 Å². The monoisotopic (exact) mass is 309 g/mol. The van der Waals surface area contributed by atoms with E-state index < -0.39 is 5.97 Å². The van der Waals surface area contributed by atoms with Crippen LogP contribution in [0, 0.1) is 0 Å². The van der Waals surface area contributed by atoms with Crippen molar-refractivity contribution in [2.75, 3.05) is 11.5 Å². The van der Waals surface area contributed by atoms with Crippen LogP contribution in [0.25, 0.3) is 0 Å². The molecule has 1 heterocycles. The van der Waals surface area contributed by atoms with E-state index >= 15 is 0 Å². The molecule has 0 N–H and O–H groups in total. The Morgan fingerprint density at radius 3 is 2.48 bits per heavy atom. The van der Waals surface area contributed by atoms with Gasteiger partial charge in [0.1, 0.15) is 0 Å². The lowest BCUT2D eigenvalue weighted by molar-refractivity contribution is -0.141. The number of esters is 1. The average molecular weight is 309 g/mol. The molecule has 0 fully saturated rings. The van der Waals surface area contributed by atoms with Gasteiger partial charge in [-0.1, -0.05) is 30.3 Å². The molecule has 0 bridgehead atoms. The fourth-order valence-electron chi connectivity index (χ4n) is 2.26. The number of para-hydroxylation sites is 2. The molecule has 23 heavy (non-hydrogen) atoms. The second-order valence-corrected chi connectivity index (χ2v) is 4.82. The van der Waals surface area contributed by atoms with Crippen LogP contribution in [0.5, 0.6) is 5.75 Å². The minimum absolute atomic E-state index is 0.0187. The Kier molecular flexibility index (Phi) is 4.10. The first-order valence-electron chi connectivity index (χ1n) is 7.25. The van der Waals surface area contributed by atoms with Crippen molar-refractivity contribution >= 4 is 17.6 Å². The summed E-state index contributed by atoms with van der Waals surface area (Å²) in [6.45, 7) is 1.94. The van der Waals surface area contributed by atoms with E-state index in [1.54, 1.807) is 55.5 Å². The van der Waals surface area contributed by atoms with Crippen LogP contribution in [-0.2, 0) is 9.53 Å². The van der Waals surface area contributed by atoms with Gasteiger partial charge < -0.3 is 9.47 Å². The van der Waals surface area contributed by atoms with Crippen LogP contribution < -0.4 is 9.64 Å². The minimum atomic E-state index is -0.604. The molecule has 0 aromatic heterocycles. The molecule has 1 amide bonds. The first-order chi connectivity index (χ1) is 11.2. The Hall–Kier alpha value is -3.08. The maximum atomic E-state index is 12.8. The maximum absolute atomic E-state index is 12.8. The predicted octanol–water partition coefficient (Wildman–Crippen LogP) is 3.13. The normalized spacial score (nSPS) is 12.7. The van der Waals surface area contributed by atoms with Gasteiger partial charge in [-0.2, -0.15) is 0 Å². The quantitative estimate of drug-likeness (QED) is 0.817. The lowest BCUT2D eigenvalue weighted by Gasteiger charge is -2.26. The second-order valence-electron chi connectivity index (χ2n) is 4.82. The molecule has 1 aliphatic rings. The Morgan fingerprint density at radius 2 is 1.74 bits per heavy atom. The van der Waals surface area contributed by atoms with Gasteiger partial charge in [0.25, 0.3) is 5.91 Å². The van der Waals surface area contributed by atoms with E-state index in [9.17, 15) is 9.59 Å². The number of amides is 1. The van der Waals surface area contributed by atoms with Crippen molar-refractivity contribution in [2.24, 2.45) is 0 Å². The number of carbonyl (C=O) groups is 2. The van der Waals surface area contributed by atoms with E-state index in [1.165, 1.54) is 11.1 Å². The SMILES string of the molecule is CCOC(=O)C1=CN(C(=O)c2ccccc2)c2ccccc2O1. The fourth-order valence-corrected chi connectivity index (χ4v) is 2.26. The van der Waals surface area contributed by atoms with Crippen molar-refractivity contribution in [1.29, 1.82) is 0 Å². The lowest BCUT2D eigenvalue weighted by Crippen LogP contribution is -2.31. The van der Waals surface area contributed by atoms with Crippen LogP contribution in [0.4, 0.5) is 5.69 Å². The molecular weight excluding hydrogens is 294 g/mol. The summed E-state index contributed by atoms with van der Waals surface area (Å²) in [6.07, 6.45) is 1.37. The van der Waals surface area contributed by atoms with Crippen LogP contribution in [-0.4, -0.2) is 18.5 Å². The molecule has 2 aromatic carbocycles. The average Bonchev–Trinajstić information content (AvgIpc) is 2.61. The van der Waals surface area contributed by atoms with E-state index in [0.717, 1.165) is 0 Å². The molecule has 116 valence electrons. The third-order valence-corrected chi connectivity index (χ3v) is 3.31. The predicted molar refractivity (Wildman–Crippen MR) is 85.0 cm³/mol. The van der Waals surface area contributed by atoms with Gasteiger partial charge >= 0.3 is 5.97 Å². The van der Waals surface area contributed by atoms with Crippen LogP contribution >= 0.6 is 0 Å². The number of carbonyl (C=O) groups excluding carboxylic acids is 2. The minimum Gasteiger partial charge on any atom is -0.460 e. The van der Waals surface area contributed by atoms with Gasteiger partial charge in [0, 0.05) is 5.56 Å². The molecule has 0 radical (unpaired) electrons. The van der Waals surface area contributed by atoms with Crippen molar-refractivity contribution in [1.82, 2.24) is 0 Å². The van der Waals surface area contributed by atoms with Gasteiger partial charge in [-0.05, 0) is 31.2 Å². The summed E-state index contributed by atoms with van der Waals surface area (Å²) in [4.78, 5) is 26.1. The molecule has 2 aromatic rings. The number of anilines is 1. The van der Waals surface area contributed by atoms with Gasteiger partial charge in [0.15, 0.2) is 5.75 Å². The highest BCUT2D eigenvalue weighted by Crippen LogP contribution is 2.35. The largest absolute Gasteiger partial charge is 0.460 e. The standard InChI is InChI=1S/C18H15NO4/c1-2-22-18(21)16-12-19(14-10-6-7-11-15(14)23-16)17(20)13-8-4-3-5-9-13/h3-12H,2H2,1H3. The maximum Gasteiger partial charge on any atom is 0.375 e. The van der Waals surface area contributed by atoms with Gasteiger partial charge in [0.05, 0.1) is 18.5 Å². The zero-order valence-electron chi connectivity index (χ0n) is 12.6. The number of hydrogen-bond acceptors (Lipinski definition) is 4. The highest BCUT2D eigenvalue weighted by Gasteiger charge is 2.28. The molecule has 0 atom stereocenters. The Morgan fingerprint density at radius 1 is 1.04 bits per heavy atom. The Balaban J connectivity index is 2.02. The summed E-state index contributed by atoms with van der Waals surface area (Å²) >= 11 is 0. The van der Waals surface area contributed by atoms with E-state index in [1.807, 2.05) is 6.07 Å². The Bertz CT molecular complexity index is 768. The van der Waals surface area contributed by atoms with Gasteiger partial charge in [0.2, 0.25) is 5.76 Å². The number of ether oxygens (including phenoxy) is 2. The van der Waals surface area contributed by atoms with Gasteiger partial charge in [-0.15, -0.1) is 0 Å². The number of nitrogens with zero attached hydrogens (tertiary/aromatic N) is 1. The molecule has 5 nitrogen and oxygen atoms in total. The first-order valence-corrected chi connectivity index (χ1v) is 7.25. The highest BCUT2D eigenvalue weighted by molar-refractivity contribution is 6.09. The number of benzene rings is 2. The van der Waals surface area contributed by atoms with Crippen molar-refractivity contribution in [3.63, 3.8) is 0 Å². The van der Waals surface area contributed by atoms with Crippen molar-refractivity contribution in [3.05, 3.63) is 72.1 Å². The number of hydrogen-bond donors (Lipinski definition) is 0. The number of fused-ring (bicyclic) bond motifs is 1. The molecule has 0 aliphatic carbocycles. The number of rotatable bonds is 3. The van der Waals surface area contributed by atoms with Crippen molar-refractivity contribution < 1.29 is 19.1 Å². The van der Waals surface area contributed by atoms with Gasteiger partial charge in [-0.3, -0.25) is 9.69 Å². The summed E-state index contributed by atoms with van der Waals surface area (Å²) in [6, 6.07) is 15.9. The molecular formula is C18H15NO4. The molecule has 0 unspecified atom stereocenters. The van der Waals surface area contributed by atoms with E-state index in [0.29, 0.717) is 17.0 Å². The third kappa shape index (κ3) is 2.94. The van der Waals surface area contributed by atoms with E-state index in [2.05, 4.69) is 0 Å². The van der Waals surface area contributed by atoms with Crippen LogP contribution in [0.1, 0.15) is 17.3 Å². The highest BCUT2D eigenvalue weighted by atomic mass is 16.6. The summed E-state index contributed by atoms with van der Waals surface area (Å²) in [5.74, 6) is -0.437. The summed E-state index contributed by atoms with van der Waals surface area (Å²) in [7, 11) is 0. The first kappa shape index (κ1) is 14.8. The van der Waals surface area contributed by atoms with Crippen molar-refractivity contribution in [3.8, 4) is 5.75 Å². The van der Waals surface area contributed by atoms with Crippen LogP contribution in [0.3, 0.4) is 0 Å². The topological polar surface area (TPSA) is 55.8 Å². The van der Waals surface area contributed by atoms with E-state index in [-0.39, 0.29) is 18.3 Å². The molecule has 0 spiro atoms. The molecule has 3 rings (SSSR count). The zero-order chi connectivity index (χ0) is 16.2. The molecule has 1 aliphatic heterocycles. The van der Waals surface area contributed by atoms with Gasteiger partial charge in [-0.25, -0.2) is 4.79 Å². The summed E-state index contributed by atoms with van der Waals surface area (Å²) in [5.41, 5.74) is 1.10. The molecule has 0 saturated carbocycles. The fraction of sp³-hybridized carbons (Fsp3) is 0.111. The lowest BCUT2D eigenvalue weighted by atomic mass is 10.1. The summed E-state index contributed by atoms with van der Waals surface area (Å²) < 4.78 is 10.5. The Labute approximate surface area is 133 Å². The van der Waals surface area contributed by atoms with E-state index in [4.69, 9.17) is 9.47 Å². The molecule has 0 saturated heterocycles.